The number of hydrogen-bond donors (Lipinski definition) is 2. The lowest BCUT2D eigenvalue weighted by molar-refractivity contribution is 0.599. The molecule has 0 aliphatic carbocycles. The molecule has 0 saturated carbocycles. The SMILES string of the molecule is O=c1[nH]cccc1S(=O)(=O)Nc1ccc(F)cc1. The van der Waals surface area contributed by atoms with Crippen LogP contribution < -0.4 is 10.3 Å². The van der Waals surface area contributed by atoms with E-state index in [0.717, 1.165) is 12.1 Å². The second-order valence-corrected chi connectivity index (χ2v) is 5.13. The Morgan fingerprint density at radius 1 is 1.11 bits per heavy atom. The summed E-state index contributed by atoms with van der Waals surface area (Å²) in [6, 6.07) is 7.36. The van der Waals surface area contributed by atoms with Gasteiger partial charge in [-0.2, -0.15) is 0 Å². The molecule has 0 fully saturated rings. The number of aromatic nitrogens is 1. The van der Waals surface area contributed by atoms with E-state index < -0.39 is 26.3 Å². The van der Waals surface area contributed by atoms with Gasteiger partial charge in [0.2, 0.25) is 0 Å². The zero-order valence-corrected chi connectivity index (χ0v) is 9.87. The Morgan fingerprint density at radius 2 is 1.78 bits per heavy atom. The molecule has 0 atom stereocenters. The molecule has 7 heteroatoms. The highest BCUT2D eigenvalue weighted by atomic mass is 32.2. The number of H-pyrrole nitrogens is 1. The molecule has 1 heterocycles. The van der Waals surface area contributed by atoms with Gasteiger partial charge >= 0.3 is 0 Å². The fourth-order valence-corrected chi connectivity index (χ4v) is 2.46. The van der Waals surface area contributed by atoms with E-state index in [1.165, 1.54) is 30.5 Å². The molecule has 0 aliphatic rings. The number of sulfonamides is 1. The maximum atomic E-state index is 12.7. The van der Waals surface area contributed by atoms with Crippen molar-refractivity contribution < 1.29 is 12.8 Å². The van der Waals surface area contributed by atoms with Crippen LogP contribution in [0.25, 0.3) is 0 Å². The molecule has 2 aromatic rings. The van der Waals surface area contributed by atoms with Crippen LogP contribution in [0, 0.1) is 5.82 Å². The summed E-state index contributed by atoms with van der Waals surface area (Å²) in [6.45, 7) is 0. The zero-order valence-electron chi connectivity index (χ0n) is 9.05. The molecule has 2 rings (SSSR count). The molecule has 0 saturated heterocycles. The fourth-order valence-electron chi connectivity index (χ4n) is 1.35. The molecule has 0 amide bonds. The lowest BCUT2D eigenvalue weighted by Crippen LogP contribution is -2.22. The van der Waals surface area contributed by atoms with Crippen molar-refractivity contribution >= 4 is 15.7 Å². The maximum Gasteiger partial charge on any atom is 0.268 e. The first kappa shape index (κ1) is 12.3. The largest absolute Gasteiger partial charge is 0.328 e. The third-order valence-corrected chi connectivity index (χ3v) is 3.57. The van der Waals surface area contributed by atoms with Crippen molar-refractivity contribution in [1.29, 1.82) is 0 Å². The van der Waals surface area contributed by atoms with E-state index in [1.807, 2.05) is 0 Å². The van der Waals surface area contributed by atoms with Crippen LogP contribution in [0.2, 0.25) is 0 Å². The van der Waals surface area contributed by atoms with Crippen molar-refractivity contribution in [3.8, 4) is 0 Å². The van der Waals surface area contributed by atoms with Crippen LogP contribution in [-0.4, -0.2) is 13.4 Å². The molecule has 0 radical (unpaired) electrons. The minimum absolute atomic E-state index is 0.180. The lowest BCUT2D eigenvalue weighted by Gasteiger charge is -2.06. The first-order valence-corrected chi connectivity index (χ1v) is 6.43. The first-order valence-electron chi connectivity index (χ1n) is 4.95. The van der Waals surface area contributed by atoms with Gasteiger partial charge in [0.1, 0.15) is 5.82 Å². The highest BCUT2D eigenvalue weighted by Crippen LogP contribution is 2.13. The van der Waals surface area contributed by atoms with Crippen molar-refractivity contribution in [3.63, 3.8) is 0 Å². The summed E-state index contributed by atoms with van der Waals surface area (Å²) in [6.07, 6.45) is 1.33. The number of hydrogen-bond acceptors (Lipinski definition) is 3. The number of pyridine rings is 1. The van der Waals surface area contributed by atoms with Crippen molar-refractivity contribution in [1.82, 2.24) is 4.98 Å². The predicted molar refractivity (Wildman–Crippen MR) is 64.3 cm³/mol. The molecule has 2 N–H and O–H groups in total. The predicted octanol–water partition coefficient (Wildman–Crippen LogP) is 1.31. The van der Waals surface area contributed by atoms with E-state index in [2.05, 4.69) is 9.71 Å². The Hall–Kier alpha value is -2.15. The monoisotopic (exact) mass is 268 g/mol. The van der Waals surface area contributed by atoms with Crippen LogP contribution >= 0.6 is 0 Å². The Kier molecular flexibility index (Phi) is 3.15. The Labute approximate surface area is 102 Å². The standard InChI is InChI=1S/C11H9FN2O3S/c12-8-3-5-9(6-4-8)14-18(16,17)10-2-1-7-13-11(10)15/h1-7,14H,(H,13,15). The van der Waals surface area contributed by atoms with Gasteiger partial charge in [0, 0.05) is 11.9 Å². The van der Waals surface area contributed by atoms with Gasteiger partial charge in [-0.1, -0.05) is 0 Å². The average molecular weight is 268 g/mol. The van der Waals surface area contributed by atoms with Gasteiger partial charge in [-0.3, -0.25) is 9.52 Å². The number of benzene rings is 1. The summed E-state index contributed by atoms with van der Waals surface area (Å²) >= 11 is 0. The molecule has 0 aliphatic heterocycles. The van der Waals surface area contributed by atoms with Crippen molar-refractivity contribution in [2.24, 2.45) is 0 Å². The smallest absolute Gasteiger partial charge is 0.268 e. The maximum absolute atomic E-state index is 12.7. The Balaban J connectivity index is 2.36. The number of halogens is 1. The van der Waals surface area contributed by atoms with E-state index in [9.17, 15) is 17.6 Å². The molecule has 5 nitrogen and oxygen atoms in total. The normalized spacial score (nSPS) is 11.2. The van der Waals surface area contributed by atoms with Crippen molar-refractivity contribution in [2.75, 3.05) is 4.72 Å². The number of aromatic amines is 1. The molecular formula is C11H9FN2O3S. The molecule has 0 bridgehead atoms. The van der Waals surface area contributed by atoms with Gasteiger partial charge < -0.3 is 4.98 Å². The lowest BCUT2D eigenvalue weighted by atomic mass is 10.3. The van der Waals surface area contributed by atoms with Crippen LogP contribution in [0.1, 0.15) is 0 Å². The number of anilines is 1. The highest BCUT2D eigenvalue weighted by molar-refractivity contribution is 7.92. The summed E-state index contributed by atoms with van der Waals surface area (Å²) in [5.74, 6) is -0.476. The minimum Gasteiger partial charge on any atom is -0.328 e. The van der Waals surface area contributed by atoms with E-state index in [4.69, 9.17) is 0 Å². The molecule has 1 aromatic carbocycles. The Morgan fingerprint density at radius 3 is 2.39 bits per heavy atom. The van der Waals surface area contributed by atoms with Gasteiger partial charge in [-0.15, -0.1) is 0 Å². The van der Waals surface area contributed by atoms with Crippen LogP contribution in [0.3, 0.4) is 0 Å². The highest BCUT2D eigenvalue weighted by Gasteiger charge is 2.17. The van der Waals surface area contributed by atoms with E-state index in [1.54, 1.807) is 0 Å². The average Bonchev–Trinajstić information content (AvgIpc) is 2.32. The molecule has 0 spiro atoms. The third kappa shape index (κ3) is 2.57. The van der Waals surface area contributed by atoms with Gasteiger partial charge in [0.25, 0.3) is 15.6 Å². The second-order valence-electron chi connectivity index (χ2n) is 3.48. The summed E-state index contributed by atoms with van der Waals surface area (Å²) in [5.41, 5.74) is -0.535. The molecule has 1 aromatic heterocycles. The quantitative estimate of drug-likeness (QED) is 0.881. The van der Waals surface area contributed by atoms with Crippen LogP contribution in [0.15, 0.2) is 52.3 Å². The summed E-state index contributed by atoms with van der Waals surface area (Å²) in [7, 11) is -3.97. The zero-order chi connectivity index (χ0) is 13.2. The second kappa shape index (κ2) is 4.61. The molecular weight excluding hydrogens is 259 g/mol. The van der Waals surface area contributed by atoms with Gasteiger partial charge in [-0.05, 0) is 36.4 Å². The Bertz CT molecular complexity index is 708. The van der Waals surface area contributed by atoms with Gasteiger partial charge in [-0.25, -0.2) is 12.8 Å². The topological polar surface area (TPSA) is 79.0 Å². The fraction of sp³-hybridized carbons (Fsp3) is 0. The first-order chi connectivity index (χ1) is 8.49. The van der Waals surface area contributed by atoms with E-state index in [0.29, 0.717) is 0 Å². The van der Waals surface area contributed by atoms with Crippen LogP contribution in [0.5, 0.6) is 0 Å². The van der Waals surface area contributed by atoms with Crippen molar-refractivity contribution in [3.05, 3.63) is 58.8 Å². The van der Waals surface area contributed by atoms with Crippen LogP contribution in [0.4, 0.5) is 10.1 Å². The summed E-state index contributed by atoms with van der Waals surface area (Å²) in [4.78, 5) is 13.2. The number of nitrogens with one attached hydrogen (secondary N) is 2. The van der Waals surface area contributed by atoms with Gasteiger partial charge in [0.15, 0.2) is 4.90 Å². The number of rotatable bonds is 3. The minimum atomic E-state index is -3.97. The molecule has 18 heavy (non-hydrogen) atoms. The molecule has 0 unspecified atom stereocenters. The van der Waals surface area contributed by atoms with E-state index in [-0.39, 0.29) is 5.69 Å². The third-order valence-electron chi connectivity index (χ3n) is 2.17. The molecule has 94 valence electrons. The summed E-state index contributed by atoms with van der Waals surface area (Å²) in [5, 5.41) is 0. The summed E-state index contributed by atoms with van der Waals surface area (Å²) < 4.78 is 38.6. The van der Waals surface area contributed by atoms with Gasteiger partial charge in [0.05, 0.1) is 0 Å². The van der Waals surface area contributed by atoms with Crippen LogP contribution in [-0.2, 0) is 10.0 Å². The van der Waals surface area contributed by atoms with E-state index >= 15 is 0 Å². The van der Waals surface area contributed by atoms with Crippen molar-refractivity contribution in [2.45, 2.75) is 4.90 Å².